The Morgan fingerprint density at radius 1 is 1.07 bits per heavy atom. The molecule has 1 heterocycles. The Balaban J connectivity index is 1.68. The third kappa shape index (κ3) is 5.45. The summed E-state index contributed by atoms with van der Waals surface area (Å²) in [4.78, 5) is 16.4. The number of ether oxygens (including phenoxy) is 1. The number of nitrogens with two attached hydrogens (primary N) is 1. The lowest BCUT2D eigenvalue weighted by atomic mass is 10.1. The zero-order chi connectivity index (χ0) is 21.7. The van der Waals surface area contributed by atoms with Gasteiger partial charge in [0.2, 0.25) is 0 Å². The summed E-state index contributed by atoms with van der Waals surface area (Å²) < 4.78 is 5.50. The zero-order valence-corrected chi connectivity index (χ0v) is 18.6. The largest absolute Gasteiger partial charge is 0.444 e. The van der Waals surface area contributed by atoms with E-state index in [9.17, 15) is 4.79 Å². The van der Waals surface area contributed by atoms with Gasteiger partial charge in [-0.1, -0.05) is 30.3 Å². The van der Waals surface area contributed by atoms with E-state index in [1.165, 1.54) is 11.1 Å². The van der Waals surface area contributed by atoms with Crippen molar-refractivity contribution in [2.75, 3.05) is 36.4 Å². The number of piperazine rings is 1. The van der Waals surface area contributed by atoms with Crippen molar-refractivity contribution in [2.24, 2.45) is 5.73 Å². The molecule has 162 valence electrons. The first-order valence-electron chi connectivity index (χ1n) is 10.6. The SMILES string of the molecule is Cc1ccccc1CNc1cccc(N2CCN(C(=O)OC(C)(C)C)CC2)c1CN. The predicted octanol–water partition coefficient (Wildman–Crippen LogP) is 4.12. The Bertz CT molecular complexity index is 868. The molecule has 1 fully saturated rings. The quantitative estimate of drug-likeness (QED) is 0.776. The maximum Gasteiger partial charge on any atom is 0.410 e. The Morgan fingerprint density at radius 3 is 2.40 bits per heavy atom. The Hall–Kier alpha value is -2.73. The van der Waals surface area contributed by atoms with Crippen LogP contribution in [0, 0.1) is 6.92 Å². The summed E-state index contributed by atoms with van der Waals surface area (Å²) in [6.45, 7) is 11.8. The van der Waals surface area contributed by atoms with Crippen molar-refractivity contribution in [1.29, 1.82) is 0 Å². The van der Waals surface area contributed by atoms with E-state index in [0.29, 0.717) is 19.6 Å². The minimum absolute atomic E-state index is 0.241. The summed E-state index contributed by atoms with van der Waals surface area (Å²) in [6.07, 6.45) is -0.241. The number of aryl methyl sites for hydroxylation is 1. The van der Waals surface area contributed by atoms with Gasteiger partial charge in [0.15, 0.2) is 0 Å². The molecule has 6 heteroatoms. The van der Waals surface area contributed by atoms with E-state index >= 15 is 0 Å². The molecule has 0 saturated carbocycles. The summed E-state index contributed by atoms with van der Waals surface area (Å²) in [5, 5.41) is 3.56. The molecule has 6 nitrogen and oxygen atoms in total. The second-order valence-electron chi connectivity index (χ2n) is 8.74. The number of carbonyl (C=O) groups is 1. The van der Waals surface area contributed by atoms with Crippen molar-refractivity contribution in [1.82, 2.24) is 4.90 Å². The van der Waals surface area contributed by atoms with Crippen LogP contribution in [-0.4, -0.2) is 42.8 Å². The third-order valence-corrected chi connectivity index (χ3v) is 5.36. The fourth-order valence-electron chi connectivity index (χ4n) is 3.71. The maximum atomic E-state index is 12.3. The van der Waals surface area contributed by atoms with E-state index in [1.807, 2.05) is 20.8 Å². The van der Waals surface area contributed by atoms with Crippen molar-refractivity contribution in [3.05, 3.63) is 59.2 Å². The molecule has 2 aromatic rings. The molecule has 0 bridgehead atoms. The number of hydrogen-bond donors (Lipinski definition) is 2. The lowest BCUT2D eigenvalue weighted by Crippen LogP contribution is -2.50. The van der Waals surface area contributed by atoms with Gasteiger partial charge in [0.1, 0.15) is 5.60 Å². The first kappa shape index (κ1) is 22.0. The second kappa shape index (κ2) is 9.39. The van der Waals surface area contributed by atoms with E-state index in [0.717, 1.165) is 36.6 Å². The van der Waals surface area contributed by atoms with Gasteiger partial charge >= 0.3 is 6.09 Å². The molecule has 1 aliphatic rings. The van der Waals surface area contributed by atoms with Gasteiger partial charge in [-0.05, 0) is 51.0 Å². The molecule has 30 heavy (non-hydrogen) atoms. The monoisotopic (exact) mass is 410 g/mol. The minimum Gasteiger partial charge on any atom is -0.444 e. The maximum absolute atomic E-state index is 12.3. The number of anilines is 2. The normalized spacial score (nSPS) is 14.6. The number of rotatable bonds is 5. The van der Waals surface area contributed by atoms with Gasteiger partial charge in [-0.3, -0.25) is 0 Å². The Labute approximate surface area is 180 Å². The van der Waals surface area contributed by atoms with E-state index in [4.69, 9.17) is 10.5 Å². The van der Waals surface area contributed by atoms with Crippen LogP contribution in [0.2, 0.25) is 0 Å². The van der Waals surface area contributed by atoms with E-state index in [1.54, 1.807) is 4.90 Å². The lowest BCUT2D eigenvalue weighted by Gasteiger charge is -2.37. The van der Waals surface area contributed by atoms with Gasteiger partial charge in [0, 0.05) is 56.2 Å². The van der Waals surface area contributed by atoms with Crippen molar-refractivity contribution in [2.45, 2.75) is 46.4 Å². The molecule has 0 atom stereocenters. The molecule has 3 rings (SSSR count). The molecule has 1 aliphatic heterocycles. The molecule has 0 radical (unpaired) electrons. The van der Waals surface area contributed by atoms with Crippen LogP contribution in [-0.2, 0) is 17.8 Å². The van der Waals surface area contributed by atoms with Crippen LogP contribution in [0.3, 0.4) is 0 Å². The van der Waals surface area contributed by atoms with Crippen molar-refractivity contribution in [3.63, 3.8) is 0 Å². The fraction of sp³-hybridized carbons (Fsp3) is 0.458. The Kier molecular flexibility index (Phi) is 6.87. The van der Waals surface area contributed by atoms with Crippen LogP contribution in [0.1, 0.15) is 37.5 Å². The molecule has 3 N–H and O–H groups in total. The molecule has 0 unspecified atom stereocenters. The number of nitrogens with zero attached hydrogens (tertiary/aromatic N) is 2. The average Bonchev–Trinajstić information content (AvgIpc) is 2.71. The average molecular weight is 411 g/mol. The molecule has 1 amide bonds. The first-order valence-corrected chi connectivity index (χ1v) is 10.6. The van der Waals surface area contributed by atoms with Crippen LogP contribution in [0.5, 0.6) is 0 Å². The second-order valence-corrected chi connectivity index (χ2v) is 8.74. The van der Waals surface area contributed by atoms with Gasteiger partial charge in [-0.2, -0.15) is 0 Å². The fourth-order valence-corrected chi connectivity index (χ4v) is 3.71. The van der Waals surface area contributed by atoms with Crippen LogP contribution >= 0.6 is 0 Å². The van der Waals surface area contributed by atoms with Gasteiger partial charge in [-0.15, -0.1) is 0 Å². The van der Waals surface area contributed by atoms with Gasteiger partial charge in [-0.25, -0.2) is 4.79 Å². The molecular formula is C24H34N4O2. The van der Waals surface area contributed by atoms with E-state index in [-0.39, 0.29) is 6.09 Å². The standard InChI is InChI=1S/C24H34N4O2/c1-18-8-5-6-9-19(18)17-26-21-10-7-11-22(20(21)16-25)27-12-14-28(15-13-27)23(29)30-24(2,3)4/h5-11,26H,12-17,25H2,1-4H3. The van der Waals surface area contributed by atoms with Crippen LogP contribution < -0.4 is 16.0 Å². The predicted molar refractivity (Wildman–Crippen MR) is 123 cm³/mol. The van der Waals surface area contributed by atoms with Crippen LogP contribution in [0.15, 0.2) is 42.5 Å². The topological polar surface area (TPSA) is 70.8 Å². The molecule has 2 aromatic carbocycles. The van der Waals surface area contributed by atoms with Gasteiger partial charge < -0.3 is 25.6 Å². The highest BCUT2D eigenvalue weighted by atomic mass is 16.6. The number of hydrogen-bond acceptors (Lipinski definition) is 5. The summed E-state index contributed by atoms with van der Waals surface area (Å²) in [7, 11) is 0. The van der Waals surface area contributed by atoms with Gasteiger partial charge in [0.05, 0.1) is 0 Å². The third-order valence-electron chi connectivity index (χ3n) is 5.36. The van der Waals surface area contributed by atoms with Crippen molar-refractivity contribution in [3.8, 4) is 0 Å². The summed E-state index contributed by atoms with van der Waals surface area (Å²) in [6, 6.07) is 14.7. The Morgan fingerprint density at radius 2 is 1.77 bits per heavy atom. The van der Waals surface area contributed by atoms with E-state index < -0.39 is 5.60 Å². The number of amides is 1. The molecule has 0 spiro atoms. The number of carbonyl (C=O) groups excluding carboxylic acids is 1. The first-order chi connectivity index (χ1) is 14.3. The minimum atomic E-state index is -0.474. The molecule has 0 aromatic heterocycles. The smallest absolute Gasteiger partial charge is 0.410 e. The van der Waals surface area contributed by atoms with E-state index in [2.05, 4.69) is 59.6 Å². The highest BCUT2D eigenvalue weighted by Crippen LogP contribution is 2.29. The van der Waals surface area contributed by atoms with Crippen LogP contribution in [0.25, 0.3) is 0 Å². The number of benzene rings is 2. The summed E-state index contributed by atoms with van der Waals surface area (Å²) in [5.74, 6) is 0. The highest BCUT2D eigenvalue weighted by molar-refractivity contribution is 5.70. The zero-order valence-electron chi connectivity index (χ0n) is 18.6. The van der Waals surface area contributed by atoms with Crippen molar-refractivity contribution >= 4 is 17.5 Å². The van der Waals surface area contributed by atoms with Crippen molar-refractivity contribution < 1.29 is 9.53 Å². The molecular weight excluding hydrogens is 376 g/mol. The lowest BCUT2D eigenvalue weighted by molar-refractivity contribution is 0.0240. The highest BCUT2D eigenvalue weighted by Gasteiger charge is 2.26. The summed E-state index contributed by atoms with van der Waals surface area (Å²) >= 11 is 0. The van der Waals surface area contributed by atoms with Gasteiger partial charge in [0.25, 0.3) is 0 Å². The molecule has 0 aliphatic carbocycles. The summed E-state index contributed by atoms with van der Waals surface area (Å²) in [5.41, 5.74) is 11.5. The molecule has 1 saturated heterocycles. The van der Waals surface area contributed by atoms with Crippen LogP contribution in [0.4, 0.5) is 16.2 Å². The number of nitrogens with one attached hydrogen (secondary N) is 1.